The lowest BCUT2D eigenvalue weighted by Gasteiger charge is -2.21. The summed E-state index contributed by atoms with van der Waals surface area (Å²) in [7, 11) is 3.16. The van der Waals surface area contributed by atoms with Gasteiger partial charge in [-0.3, -0.25) is 9.59 Å². The third-order valence-electron chi connectivity index (χ3n) is 3.63. The molecule has 2 aromatic rings. The molecule has 0 aliphatic carbocycles. The SMILES string of the molecule is COc1cccc2cc(C(C)(C)C(=O)O)c(=O)n(C)c12. The molecule has 5 heteroatoms. The number of aromatic nitrogens is 1. The Morgan fingerprint density at radius 2 is 2.00 bits per heavy atom. The zero-order valence-corrected chi connectivity index (χ0v) is 11.9. The Labute approximate surface area is 116 Å². The zero-order chi connectivity index (χ0) is 15.1. The molecular formula is C15H17NO4. The van der Waals surface area contributed by atoms with Crippen LogP contribution in [0.25, 0.3) is 10.9 Å². The van der Waals surface area contributed by atoms with Gasteiger partial charge in [0.05, 0.1) is 18.0 Å². The van der Waals surface area contributed by atoms with E-state index in [4.69, 9.17) is 4.74 Å². The van der Waals surface area contributed by atoms with Gasteiger partial charge in [-0.2, -0.15) is 0 Å². The van der Waals surface area contributed by atoms with Gasteiger partial charge < -0.3 is 14.4 Å². The highest BCUT2D eigenvalue weighted by Gasteiger charge is 2.33. The summed E-state index contributed by atoms with van der Waals surface area (Å²) < 4.78 is 6.70. The van der Waals surface area contributed by atoms with Crippen molar-refractivity contribution in [2.24, 2.45) is 7.05 Å². The van der Waals surface area contributed by atoms with Crippen molar-refractivity contribution in [3.8, 4) is 5.75 Å². The maximum atomic E-state index is 12.4. The van der Waals surface area contributed by atoms with Crippen LogP contribution in [-0.4, -0.2) is 22.8 Å². The number of para-hydroxylation sites is 1. The number of pyridine rings is 1. The van der Waals surface area contributed by atoms with Gasteiger partial charge >= 0.3 is 5.97 Å². The summed E-state index contributed by atoms with van der Waals surface area (Å²) in [6.45, 7) is 3.05. The van der Waals surface area contributed by atoms with Crippen molar-refractivity contribution in [1.29, 1.82) is 0 Å². The van der Waals surface area contributed by atoms with Gasteiger partial charge in [0.25, 0.3) is 5.56 Å². The Kier molecular flexibility index (Phi) is 3.29. The summed E-state index contributed by atoms with van der Waals surface area (Å²) in [5.74, 6) is -0.446. The molecule has 0 aliphatic heterocycles. The smallest absolute Gasteiger partial charge is 0.313 e. The Morgan fingerprint density at radius 3 is 2.55 bits per heavy atom. The van der Waals surface area contributed by atoms with E-state index in [0.29, 0.717) is 11.3 Å². The number of aryl methyl sites for hydroxylation is 1. The topological polar surface area (TPSA) is 68.5 Å². The molecule has 20 heavy (non-hydrogen) atoms. The number of hydrogen-bond donors (Lipinski definition) is 1. The van der Waals surface area contributed by atoms with Crippen LogP contribution in [0.1, 0.15) is 19.4 Å². The number of carboxylic acid groups (broad SMARTS) is 1. The van der Waals surface area contributed by atoms with E-state index in [2.05, 4.69) is 0 Å². The van der Waals surface area contributed by atoms with Crippen molar-refractivity contribution in [3.05, 3.63) is 40.2 Å². The molecule has 0 bridgehead atoms. The second kappa shape index (κ2) is 4.67. The number of carbonyl (C=O) groups is 1. The Balaban J connectivity index is 2.90. The van der Waals surface area contributed by atoms with E-state index in [1.54, 1.807) is 19.2 Å². The second-order valence-corrected chi connectivity index (χ2v) is 5.25. The molecule has 106 valence electrons. The number of fused-ring (bicyclic) bond motifs is 1. The predicted octanol–water partition coefficient (Wildman–Crippen LogP) is 1.91. The third kappa shape index (κ3) is 1.95. The second-order valence-electron chi connectivity index (χ2n) is 5.25. The van der Waals surface area contributed by atoms with Gasteiger partial charge in [0.2, 0.25) is 0 Å². The van der Waals surface area contributed by atoms with E-state index in [0.717, 1.165) is 5.39 Å². The van der Waals surface area contributed by atoms with Gasteiger partial charge in [0.15, 0.2) is 0 Å². The highest BCUT2D eigenvalue weighted by Crippen LogP contribution is 2.28. The minimum atomic E-state index is -1.24. The number of methoxy groups -OCH3 is 1. The molecule has 2 rings (SSSR count). The monoisotopic (exact) mass is 275 g/mol. The third-order valence-corrected chi connectivity index (χ3v) is 3.63. The molecule has 5 nitrogen and oxygen atoms in total. The van der Waals surface area contributed by atoms with Crippen LogP contribution >= 0.6 is 0 Å². The van der Waals surface area contributed by atoms with Crippen molar-refractivity contribution in [1.82, 2.24) is 4.57 Å². The molecule has 0 aliphatic rings. The van der Waals surface area contributed by atoms with E-state index >= 15 is 0 Å². The fourth-order valence-corrected chi connectivity index (χ4v) is 2.24. The first-order valence-corrected chi connectivity index (χ1v) is 6.21. The van der Waals surface area contributed by atoms with Crippen molar-refractivity contribution >= 4 is 16.9 Å². The predicted molar refractivity (Wildman–Crippen MR) is 76.4 cm³/mol. The summed E-state index contributed by atoms with van der Waals surface area (Å²) >= 11 is 0. The fraction of sp³-hybridized carbons (Fsp3) is 0.333. The first-order valence-electron chi connectivity index (χ1n) is 6.21. The van der Waals surface area contributed by atoms with E-state index in [-0.39, 0.29) is 11.1 Å². The molecule has 1 N–H and O–H groups in total. The zero-order valence-electron chi connectivity index (χ0n) is 11.9. The average Bonchev–Trinajstić information content (AvgIpc) is 2.41. The molecule has 0 saturated heterocycles. The van der Waals surface area contributed by atoms with E-state index in [9.17, 15) is 14.7 Å². The van der Waals surface area contributed by atoms with E-state index in [1.165, 1.54) is 25.5 Å². The highest BCUT2D eigenvalue weighted by atomic mass is 16.5. The summed E-state index contributed by atoms with van der Waals surface area (Å²) in [4.78, 5) is 23.8. The van der Waals surface area contributed by atoms with Crippen LogP contribution in [0.15, 0.2) is 29.1 Å². The van der Waals surface area contributed by atoms with Crippen molar-refractivity contribution in [2.75, 3.05) is 7.11 Å². The maximum absolute atomic E-state index is 12.4. The summed E-state index contributed by atoms with van der Waals surface area (Å²) in [6, 6.07) is 7.04. The fourth-order valence-electron chi connectivity index (χ4n) is 2.24. The van der Waals surface area contributed by atoms with Gasteiger partial charge in [-0.15, -0.1) is 0 Å². The number of benzene rings is 1. The van der Waals surface area contributed by atoms with Crippen LogP contribution in [0.2, 0.25) is 0 Å². The van der Waals surface area contributed by atoms with Crippen LogP contribution in [0.3, 0.4) is 0 Å². The molecule has 0 atom stereocenters. The molecule has 0 spiro atoms. The standard InChI is InChI=1S/C15H17NO4/c1-15(2,14(18)19)10-8-9-6-5-7-11(20-4)12(9)16(3)13(10)17/h5-8H,1-4H3,(H,18,19). The van der Waals surface area contributed by atoms with Crippen LogP contribution in [0, 0.1) is 0 Å². The molecule has 1 aromatic heterocycles. The van der Waals surface area contributed by atoms with Crippen molar-refractivity contribution in [3.63, 3.8) is 0 Å². The van der Waals surface area contributed by atoms with Gasteiger partial charge in [-0.05, 0) is 26.0 Å². The molecule has 0 fully saturated rings. The maximum Gasteiger partial charge on any atom is 0.313 e. The van der Waals surface area contributed by atoms with Gasteiger partial charge in [-0.1, -0.05) is 12.1 Å². The molecule has 0 unspecified atom stereocenters. The quantitative estimate of drug-likeness (QED) is 0.929. The Bertz CT molecular complexity index is 743. The van der Waals surface area contributed by atoms with Gasteiger partial charge in [0, 0.05) is 18.0 Å². The molecule has 0 amide bonds. The number of aliphatic carboxylic acids is 1. The number of carboxylic acids is 1. The van der Waals surface area contributed by atoms with Crippen LogP contribution in [0.5, 0.6) is 5.75 Å². The molecule has 0 saturated carbocycles. The van der Waals surface area contributed by atoms with Crippen LogP contribution < -0.4 is 10.3 Å². The Morgan fingerprint density at radius 1 is 1.35 bits per heavy atom. The minimum absolute atomic E-state index is 0.258. The number of rotatable bonds is 3. The lowest BCUT2D eigenvalue weighted by atomic mass is 9.85. The summed E-state index contributed by atoms with van der Waals surface area (Å²) in [6.07, 6.45) is 0. The minimum Gasteiger partial charge on any atom is -0.495 e. The number of nitrogens with zero attached hydrogens (tertiary/aromatic N) is 1. The normalized spacial score (nSPS) is 11.6. The number of ether oxygens (including phenoxy) is 1. The van der Waals surface area contributed by atoms with Crippen molar-refractivity contribution < 1.29 is 14.6 Å². The summed E-state index contributed by atoms with van der Waals surface area (Å²) in [5, 5.41) is 10.1. The van der Waals surface area contributed by atoms with Crippen LogP contribution in [0.4, 0.5) is 0 Å². The highest BCUT2D eigenvalue weighted by molar-refractivity contribution is 5.88. The Hall–Kier alpha value is -2.30. The first-order chi connectivity index (χ1) is 9.30. The molecule has 1 heterocycles. The summed E-state index contributed by atoms with van der Waals surface area (Å²) in [5.41, 5.74) is -0.654. The van der Waals surface area contributed by atoms with Crippen LogP contribution in [-0.2, 0) is 17.3 Å². The molecule has 0 radical (unpaired) electrons. The first kappa shape index (κ1) is 14.1. The number of hydrogen-bond acceptors (Lipinski definition) is 3. The lowest BCUT2D eigenvalue weighted by molar-refractivity contribution is -0.142. The van der Waals surface area contributed by atoms with E-state index < -0.39 is 11.4 Å². The van der Waals surface area contributed by atoms with Gasteiger partial charge in [-0.25, -0.2) is 0 Å². The lowest BCUT2D eigenvalue weighted by Crippen LogP contribution is -2.37. The van der Waals surface area contributed by atoms with Crippen molar-refractivity contribution in [2.45, 2.75) is 19.3 Å². The molecule has 1 aromatic carbocycles. The van der Waals surface area contributed by atoms with E-state index in [1.807, 2.05) is 12.1 Å². The largest absolute Gasteiger partial charge is 0.495 e. The average molecular weight is 275 g/mol. The molecular weight excluding hydrogens is 258 g/mol. The van der Waals surface area contributed by atoms with Gasteiger partial charge in [0.1, 0.15) is 5.75 Å².